The average molecular weight is 465 g/mol. The van der Waals surface area contributed by atoms with Crippen molar-refractivity contribution >= 4 is 17.7 Å². The first-order valence-corrected chi connectivity index (χ1v) is 10.9. The number of anilines is 1. The topological polar surface area (TPSA) is 95.1 Å². The molecule has 3 aromatic carbocycles. The van der Waals surface area contributed by atoms with Crippen molar-refractivity contribution < 1.29 is 28.5 Å². The van der Waals surface area contributed by atoms with Crippen molar-refractivity contribution in [3.63, 3.8) is 0 Å². The molecule has 178 valence electrons. The van der Waals surface area contributed by atoms with E-state index in [0.717, 1.165) is 11.3 Å². The van der Waals surface area contributed by atoms with Gasteiger partial charge < -0.3 is 24.3 Å². The van der Waals surface area contributed by atoms with Crippen molar-refractivity contribution in [1.29, 1.82) is 0 Å². The SMILES string of the molecule is CCOc1cc(C(=O)NCc2ccc(NC(=O)OC)cc2)ccc1OCCOc1ccccc1. The van der Waals surface area contributed by atoms with Crippen molar-refractivity contribution in [3.8, 4) is 17.2 Å². The first kappa shape index (κ1) is 24.4. The molecule has 3 aromatic rings. The minimum atomic E-state index is -0.540. The van der Waals surface area contributed by atoms with E-state index in [1.165, 1.54) is 7.11 Å². The average Bonchev–Trinajstić information content (AvgIpc) is 2.87. The molecule has 0 spiro atoms. The van der Waals surface area contributed by atoms with Gasteiger partial charge in [-0.05, 0) is 55.0 Å². The van der Waals surface area contributed by atoms with E-state index in [4.69, 9.17) is 14.2 Å². The number of rotatable bonds is 11. The summed E-state index contributed by atoms with van der Waals surface area (Å²) in [5.41, 5.74) is 1.94. The molecule has 2 amide bonds. The van der Waals surface area contributed by atoms with E-state index in [1.54, 1.807) is 30.3 Å². The normalized spacial score (nSPS) is 10.2. The van der Waals surface area contributed by atoms with Crippen LogP contribution >= 0.6 is 0 Å². The van der Waals surface area contributed by atoms with E-state index in [1.807, 2.05) is 49.4 Å². The summed E-state index contributed by atoms with van der Waals surface area (Å²) < 4.78 is 21.7. The van der Waals surface area contributed by atoms with Gasteiger partial charge >= 0.3 is 6.09 Å². The van der Waals surface area contributed by atoms with Gasteiger partial charge in [0, 0.05) is 17.8 Å². The van der Waals surface area contributed by atoms with Gasteiger partial charge in [-0.25, -0.2) is 4.79 Å². The second-order valence-corrected chi connectivity index (χ2v) is 7.10. The van der Waals surface area contributed by atoms with Crippen LogP contribution in [0.25, 0.3) is 0 Å². The van der Waals surface area contributed by atoms with E-state index in [2.05, 4.69) is 15.4 Å². The summed E-state index contributed by atoms with van der Waals surface area (Å²) in [6, 6.07) is 21.7. The quantitative estimate of drug-likeness (QED) is 0.401. The Bertz CT molecular complexity index is 1070. The highest BCUT2D eigenvalue weighted by Crippen LogP contribution is 2.28. The van der Waals surface area contributed by atoms with Gasteiger partial charge in [0.05, 0.1) is 13.7 Å². The summed E-state index contributed by atoms with van der Waals surface area (Å²) in [5, 5.41) is 5.46. The molecule has 0 saturated heterocycles. The zero-order valence-electron chi connectivity index (χ0n) is 19.2. The van der Waals surface area contributed by atoms with Crippen LogP contribution in [0.15, 0.2) is 72.8 Å². The van der Waals surface area contributed by atoms with Crippen LogP contribution in [-0.4, -0.2) is 38.9 Å². The lowest BCUT2D eigenvalue weighted by molar-refractivity contribution is 0.0950. The summed E-state index contributed by atoms with van der Waals surface area (Å²) >= 11 is 0. The summed E-state index contributed by atoms with van der Waals surface area (Å²) in [6.45, 7) is 3.35. The lowest BCUT2D eigenvalue weighted by Gasteiger charge is -2.14. The lowest BCUT2D eigenvalue weighted by atomic mass is 10.1. The lowest BCUT2D eigenvalue weighted by Crippen LogP contribution is -2.23. The minimum absolute atomic E-state index is 0.239. The van der Waals surface area contributed by atoms with Crippen LogP contribution < -0.4 is 24.8 Å². The summed E-state index contributed by atoms with van der Waals surface area (Å²) in [4.78, 5) is 23.9. The van der Waals surface area contributed by atoms with E-state index in [9.17, 15) is 9.59 Å². The number of carbonyl (C=O) groups is 2. The number of ether oxygens (including phenoxy) is 4. The molecule has 0 aromatic heterocycles. The van der Waals surface area contributed by atoms with Gasteiger partial charge in [0.25, 0.3) is 5.91 Å². The third kappa shape index (κ3) is 7.44. The number of amides is 2. The fourth-order valence-electron chi connectivity index (χ4n) is 3.02. The van der Waals surface area contributed by atoms with Gasteiger partial charge in [-0.3, -0.25) is 10.1 Å². The van der Waals surface area contributed by atoms with Crippen molar-refractivity contribution in [2.75, 3.05) is 32.2 Å². The number of para-hydroxylation sites is 1. The maximum atomic E-state index is 12.7. The molecule has 0 unspecified atom stereocenters. The summed E-state index contributed by atoms with van der Waals surface area (Å²) in [7, 11) is 1.30. The van der Waals surface area contributed by atoms with E-state index < -0.39 is 6.09 Å². The number of hydrogen-bond donors (Lipinski definition) is 2. The number of benzene rings is 3. The first-order chi connectivity index (χ1) is 16.6. The zero-order chi connectivity index (χ0) is 24.2. The van der Waals surface area contributed by atoms with Crippen LogP contribution in [0.5, 0.6) is 17.2 Å². The van der Waals surface area contributed by atoms with Crippen LogP contribution in [0.1, 0.15) is 22.8 Å². The summed E-state index contributed by atoms with van der Waals surface area (Å²) in [6.07, 6.45) is -0.540. The number of carbonyl (C=O) groups excluding carboxylic acids is 2. The molecular formula is C26H28N2O6. The maximum Gasteiger partial charge on any atom is 0.411 e. The van der Waals surface area contributed by atoms with Gasteiger partial charge in [-0.1, -0.05) is 30.3 Å². The first-order valence-electron chi connectivity index (χ1n) is 10.9. The van der Waals surface area contributed by atoms with Gasteiger partial charge in [-0.2, -0.15) is 0 Å². The molecular weight excluding hydrogens is 436 g/mol. The smallest absolute Gasteiger partial charge is 0.411 e. The fourth-order valence-corrected chi connectivity index (χ4v) is 3.02. The molecule has 3 rings (SSSR count). The molecule has 34 heavy (non-hydrogen) atoms. The Hall–Kier alpha value is -4.20. The molecule has 0 saturated carbocycles. The van der Waals surface area contributed by atoms with Crippen LogP contribution in [0.3, 0.4) is 0 Å². The third-order valence-corrected chi connectivity index (χ3v) is 4.70. The fraction of sp³-hybridized carbons (Fsp3) is 0.231. The van der Waals surface area contributed by atoms with Crippen molar-refractivity contribution in [2.45, 2.75) is 13.5 Å². The van der Waals surface area contributed by atoms with E-state index in [0.29, 0.717) is 49.1 Å². The molecule has 0 heterocycles. The van der Waals surface area contributed by atoms with Crippen molar-refractivity contribution in [3.05, 3.63) is 83.9 Å². The Labute approximate surface area is 198 Å². The monoisotopic (exact) mass is 464 g/mol. The highest BCUT2D eigenvalue weighted by atomic mass is 16.5. The van der Waals surface area contributed by atoms with Gasteiger partial charge in [0.1, 0.15) is 19.0 Å². The minimum Gasteiger partial charge on any atom is -0.490 e. The largest absolute Gasteiger partial charge is 0.490 e. The van der Waals surface area contributed by atoms with Crippen LogP contribution in [0.2, 0.25) is 0 Å². The molecule has 0 aliphatic carbocycles. The molecule has 2 N–H and O–H groups in total. The van der Waals surface area contributed by atoms with Crippen LogP contribution in [-0.2, 0) is 11.3 Å². The Morgan fingerprint density at radius 3 is 2.26 bits per heavy atom. The van der Waals surface area contributed by atoms with E-state index in [-0.39, 0.29) is 5.91 Å². The number of methoxy groups -OCH3 is 1. The molecule has 8 nitrogen and oxygen atoms in total. The van der Waals surface area contributed by atoms with Crippen molar-refractivity contribution in [1.82, 2.24) is 5.32 Å². The standard InChI is InChI=1S/C26H28N2O6/c1-3-32-24-17-20(11-14-23(24)34-16-15-33-22-7-5-4-6-8-22)25(29)27-18-19-9-12-21(13-10-19)28-26(30)31-2/h4-14,17H,3,15-16,18H2,1-2H3,(H,27,29)(H,28,30). The van der Waals surface area contributed by atoms with Crippen molar-refractivity contribution in [2.24, 2.45) is 0 Å². The molecule has 0 aliphatic heterocycles. The van der Waals surface area contributed by atoms with Crippen LogP contribution in [0, 0.1) is 0 Å². The van der Waals surface area contributed by atoms with Crippen LogP contribution in [0.4, 0.5) is 10.5 Å². The molecule has 0 fully saturated rings. The van der Waals surface area contributed by atoms with E-state index >= 15 is 0 Å². The van der Waals surface area contributed by atoms with Gasteiger partial charge in [0.2, 0.25) is 0 Å². The Morgan fingerprint density at radius 1 is 0.824 bits per heavy atom. The highest BCUT2D eigenvalue weighted by Gasteiger charge is 2.12. The summed E-state index contributed by atoms with van der Waals surface area (Å²) in [5.74, 6) is 1.58. The Balaban J connectivity index is 1.53. The molecule has 0 aliphatic rings. The number of nitrogens with one attached hydrogen (secondary N) is 2. The predicted molar refractivity (Wildman–Crippen MR) is 129 cm³/mol. The van der Waals surface area contributed by atoms with Gasteiger partial charge in [-0.15, -0.1) is 0 Å². The van der Waals surface area contributed by atoms with Gasteiger partial charge in [0.15, 0.2) is 11.5 Å². The predicted octanol–water partition coefficient (Wildman–Crippen LogP) is 4.65. The second kappa shape index (κ2) is 12.7. The molecule has 0 radical (unpaired) electrons. The number of hydrogen-bond acceptors (Lipinski definition) is 6. The Kier molecular flexibility index (Phi) is 9.16. The Morgan fingerprint density at radius 2 is 1.56 bits per heavy atom. The molecule has 0 bridgehead atoms. The maximum absolute atomic E-state index is 12.7. The molecule has 0 atom stereocenters. The second-order valence-electron chi connectivity index (χ2n) is 7.10. The highest BCUT2D eigenvalue weighted by molar-refractivity contribution is 5.94. The molecule has 8 heteroatoms. The zero-order valence-corrected chi connectivity index (χ0v) is 19.2. The third-order valence-electron chi connectivity index (χ3n) is 4.70.